The predicted octanol–water partition coefficient (Wildman–Crippen LogP) is 2.91. The third-order valence-corrected chi connectivity index (χ3v) is 3.86. The second-order valence-electron chi connectivity index (χ2n) is 6.02. The fourth-order valence-corrected chi connectivity index (χ4v) is 2.35. The lowest BCUT2D eigenvalue weighted by molar-refractivity contribution is -0.130. The van der Waals surface area contributed by atoms with E-state index in [1.807, 2.05) is 18.2 Å². The van der Waals surface area contributed by atoms with Crippen LogP contribution in [0.3, 0.4) is 0 Å². The van der Waals surface area contributed by atoms with E-state index in [4.69, 9.17) is 0 Å². The summed E-state index contributed by atoms with van der Waals surface area (Å²) in [5.74, 6) is 0.128. The highest BCUT2D eigenvalue weighted by Crippen LogP contribution is 2.30. The standard InChI is InChI=1S/C16H21NO2/c1-16(2)9-8-15(19)17(11-10-16)12-14(18)13-6-4-3-5-7-13/h3-7H,8-12H2,1-2H3. The van der Waals surface area contributed by atoms with E-state index >= 15 is 0 Å². The molecule has 0 aliphatic carbocycles. The summed E-state index contributed by atoms with van der Waals surface area (Å²) in [5, 5.41) is 0. The predicted molar refractivity (Wildman–Crippen MR) is 75.0 cm³/mol. The Morgan fingerprint density at radius 2 is 1.89 bits per heavy atom. The highest BCUT2D eigenvalue weighted by molar-refractivity contribution is 5.99. The van der Waals surface area contributed by atoms with Crippen molar-refractivity contribution in [3.63, 3.8) is 0 Å². The molecular weight excluding hydrogens is 238 g/mol. The van der Waals surface area contributed by atoms with E-state index in [0.29, 0.717) is 18.5 Å². The fourth-order valence-electron chi connectivity index (χ4n) is 2.35. The highest BCUT2D eigenvalue weighted by Gasteiger charge is 2.28. The number of amides is 1. The summed E-state index contributed by atoms with van der Waals surface area (Å²) in [6, 6.07) is 9.18. The number of benzene rings is 1. The lowest BCUT2D eigenvalue weighted by Gasteiger charge is -2.23. The van der Waals surface area contributed by atoms with Crippen molar-refractivity contribution >= 4 is 11.7 Å². The minimum absolute atomic E-state index is 0.0219. The third-order valence-electron chi connectivity index (χ3n) is 3.86. The van der Waals surface area contributed by atoms with Crippen LogP contribution in [-0.4, -0.2) is 29.7 Å². The van der Waals surface area contributed by atoms with Crippen LogP contribution in [0.1, 0.15) is 43.5 Å². The van der Waals surface area contributed by atoms with Gasteiger partial charge >= 0.3 is 0 Å². The molecule has 1 fully saturated rings. The van der Waals surface area contributed by atoms with E-state index in [9.17, 15) is 9.59 Å². The van der Waals surface area contributed by atoms with Crippen molar-refractivity contribution in [2.45, 2.75) is 33.1 Å². The van der Waals surface area contributed by atoms with Crippen molar-refractivity contribution < 1.29 is 9.59 Å². The van der Waals surface area contributed by atoms with Crippen molar-refractivity contribution in [2.75, 3.05) is 13.1 Å². The van der Waals surface area contributed by atoms with Gasteiger partial charge < -0.3 is 4.90 Å². The fraction of sp³-hybridized carbons (Fsp3) is 0.500. The Morgan fingerprint density at radius 1 is 1.21 bits per heavy atom. The number of rotatable bonds is 3. The van der Waals surface area contributed by atoms with Gasteiger partial charge in [0.25, 0.3) is 0 Å². The van der Waals surface area contributed by atoms with Crippen LogP contribution in [0.2, 0.25) is 0 Å². The number of hydrogen-bond donors (Lipinski definition) is 0. The molecule has 1 saturated heterocycles. The van der Waals surface area contributed by atoms with Crippen LogP contribution in [-0.2, 0) is 4.79 Å². The van der Waals surface area contributed by atoms with Crippen molar-refractivity contribution in [3.8, 4) is 0 Å². The first-order valence-electron chi connectivity index (χ1n) is 6.84. The molecule has 0 bridgehead atoms. The van der Waals surface area contributed by atoms with Crippen LogP contribution >= 0.6 is 0 Å². The van der Waals surface area contributed by atoms with Crippen molar-refractivity contribution in [2.24, 2.45) is 5.41 Å². The van der Waals surface area contributed by atoms with E-state index in [2.05, 4.69) is 13.8 Å². The Bertz CT molecular complexity index is 465. The van der Waals surface area contributed by atoms with E-state index in [0.717, 1.165) is 12.8 Å². The van der Waals surface area contributed by atoms with Crippen molar-refractivity contribution in [1.82, 2.24) is 4.90 Å². The number of carbonyl (C=O) groups is 2. The second kappa shape index (κ2) is 5.55. The van der Waals surface area contributed by atoms with Gasteiger partial charge in [0.1, 0.15) is 0 Å². The van der Waals surface area contributed by atoms with Gasteiger partial charge in [0.05, 0.1) is 6.54 Å². The monoisotopic (exact) mass is 259 g/mol. The summed E-state index contributed by atoms with van der Waals surface area (Å²) in [5.41, 5.74) is 0.874. The summed E-state index contributed by atoms with van der Waals surface area (Å²) in [6.45, 7) is 5.26. The maximum Gasteiger partial charge on any atom is 0.222 e. The van der Waals surface area contributed by atoms with E-state index in [-0.39, 0.29) is 23.7 Å². The minimum atomic E-state index is 0.0219. The Balaban J connectivity index is 2.02. The van der Waals surface area contributed by atoms with Gasteiger partial charge in [-0.2, -0.15) is 0 Å². The quantitative estimate of drug-likeness (QED) is 0.783. The first-order chi connectivity index (χ1) is 8.98. The van der Waals surface area contributed by atoms with Crippen LogP contribution in [0.4, 0.5) is 0 Å². The smallest absolute Gasteiger partial charge is 0.222 e. The molecule has 102 valence electrons. The minimum Gasteiger partial charge on any atom is -0.335 e. The van der Waals surface area contributed by atoms with Crippen molar-refractivity contribution in [1.29, 1.82) is 0 Å². The molecule has 1 aromatic carbocycles. The molecule has 0 radical (unpaired) electrons. The molecule has 0 atom stereocenters. The lowest BCUT2D eigenvalue weighted by atomic mass is 9.85. The molecular formula is C16H21NO2. The Hall–Kier alpha value is -1.64. The van der Waals surface area contributed by atoms with Gasteiger partial charge in [-0.3, -0.25) is 9.59 Å². The van der Waals surface area contributed by atoms with Gasteiger partial charge in [0, 0.05) is 18.5 Å². The van der Waals surface area contributed by atoms with Gasteiger partial charge in [-0.05, 0) is 18.3 Å². The summed E-state index contributed by atoms with van der Waals surface area (Å²) < 4.78 is 0. The zero-order valence-electron chi connectivity index (χ0n) is 11.7. The number of Topliss-reactive ketones (excluding diaryl/α,β-unsaturated/α-hetero) is 1. The lowest BCUT2D eigenvalue weighted by Crippen LogP contribution is -2.35. The number of ketones is 1. The zero-order chi connectivity index (χ0) is 13.9. The normalized spacial score (nSPS) is 19.1. The Labute approximate surface area is 114 Å². The van der Waals surface area contributed by atoms with Gasteiger partial charge in [0.2, 0.25) is 5.91 Å². The summed E-state index contributed by atoms with van der Waals surface area (Å²) in [4.78, 5) is 25.9. The van der Waals surface area contributed by atoms with Crippen LogP contribution in [0.15, 0.2) is 30.3 Å². The first-order valence-corrected chi connectivity index (χ1v) is 6.84. The molecule has 3 nitrogen and oxygen atoms in total. The molecule has 2 rings (SSSR count). The zero-order valence-corrected chi connectivity index (χ0v) is 11.7. The first kappa shape index (κ1) is 13.8. The molecule has 19 heavy (non-hydrogen) atoms. The number of nitrogens with zero attached hydrogens (tertiary/aromatic N) is 1. The largest absolute Gasteiger partial charge is 0.335 e. The van der Waals surface area contributed by atoms with Crippen LogP contribution in [0.25, 0.3) is 0 Å². The van der Waals surface area contributed by atoms with E-state index < -0.39 is 0 Å². The van der Waals surface area contributed by atoms with Crippen LogP contribution in [0.5, 0.6) is 0 Å². The summed E-state index contributed by atoms with van der Waals surface area (Å²) in [6.07, 6.45) is 2.41. The molecule has 0 N–H and O–H groups in total. The number of carbonyl (C=O) groups excluding carboxylic acids is 2. The molecule has 1 aromatic rings. The number of likely N-dealkylation sites (tertiary alicyclic amines) is 1. The highest BCUT2D eigenvalue weighted by atomic mass is 16.2. The average Bonchev–Trinajstić information content (AvgIpc) is 2.53. The Morgan fingerprint density at radius 3 is 2.58 bits per heavy atom. The molecule has 1 amide bonds. The maximum absolute atomic E-state index is 12.1. The van der Waals surface area contributed by atoms with Gasteiger partial charge in [-0.1, -0.05) is 44.2 Å². The van der Waals surface area contributed by atoms with Crippen LogP contribution in [0, 0.1) is 5.41 Å². The second-order valence-corrected chi connectivity index (χ2v) is 6.02. The number of hydrogen-bond acceptors (Lipinski definition) is 2. The molecule has 0 aromatic heterocycles. The molecule has 0 saturated carbocycles. The van der Waals surface area contributed by atoms with Crippen LogP contribution < -0.4 is 0 Å². The van der Waals surface area contributed by atoms with Gasteiger partial charge in [-0.15, -0.1) is 0 Å². The van der Waals surface area contributed by atoms with Gasteiger partial charge in [-0.25, -0.2) is 0 Å². The SMILES string of the molecule is CC1(C)CCC(=O)N(CC(=O)c2ccccc2)CC1. The molecule has 1 aliphatic heterocycles. The molecule has 3 heteroatoms. The molecule has 0 spiro atoms. The van der Waals surface area contributed by atoms with E-state index in [1.54, 1.807) is 17.0 Å². The average molecular weight is 259 g/mol. The Kier molecular flexibility index (Phi) is 4.03. The maximum atomic E-state index is 12.1. The molecule has 0 unspecified atom stereocenters. The van der Waals surface area contributed by atoms with Gasteiger partial charge in [0.15, 0.2) is 5.78 Å². The van der Waals surface area contributed by atoms with Crippen molar-refractivity contribution in [3.05, 3.63) is 35.9 Å². The molecule has 1 aliphatic rings. The van der Waals surface area contributed by atoms with E-state index in [1.165, 1.54) is 0 Å². The molecule has 1 heterocycles. The third kappa shape index (κ3) is 3.66. The summed E-state index contributed by atoms with van der Waals surface area (Å²) in [7, 11) is 0. The summed E-state index contributed by atoms with van der Waals surface area (Å²) >= 11 is 0. The topological polar surface area (TPSA) is 37.4 Å².